The van der Waals surface area contributed by atoms with E-state index in [0.29, 0.717) is 0 Å². The zero-order valence-corrected chi connectivity index (χ0v) is 19.0. The van der Waals surface area contributed by atoms with E-state index in [-0.39, 0.29) is 0 Å². The maximum atomic E-state index is 10.3. The van der Waals surface area contributed by atoms with Gasteiger partial charge in [-0.15, -0.1) is 0 Å². The largest absolute Gasteiger partial charge is 0.481 e. The summed E-state index contributed by atoms with van der Waals surface area (Å²) in [5.41, 5.74) is -5.48. The number of carboxylic acid groups (broad SMARTS) is 6. The molecule has 0 fully saturated rings. The molecule has 212 valence electrons. The van der Waals surface area contributed by atoms with E-state index >= 15 is 0 Å². The number of carbonyl (C=O) groups is 6. The highest BCUT2D eigenvalue weighted by atomic mass is 31.2. The van der Waals surface area contributed by atoms with E-state index in [1.807, 2.05) is 0 Å². The molecule has 24 heteroatoms. The molecule has 0 rings (SSSR count). The number of hydrogen-bond donors (Lipinski definition) is 14. The molecule has 22 nitrogen and oxygen atoms in total. The Bertz CT molecular complexity index is 759. The number of aliphatic carboxylic acids is 6. The first-order chi connectivity index (χ1) is 15.6. The van der Waals surface area contributed by atoms with Crippen molar-refractivity contribution < 1.29 is 108 Å². The summed E-state index contributed by atoms with van der Waals surface area (Å²) in [6, 6.07) is 0. The van der Waals surface area contributed by atoms with Crippen LogP contribution in [0, 0.1) is 0 Å². The Labute approximate surface area is 197 Å². The fourth-order valence-electron chi connectivity index (χ4n) is 1.43. The summed E-state index contributed by atoms with van der Waals surface area (Å²) in [6.45, 7) is 0. The Morgan fingerprint density at radius 2 is 0.556 bits per heavy atom. The van der Waals surface area contributed by atoms with Gasteiger partial charge < -0.3 is 70.2 Å². The molecule has 0 bridgehead atoms. The Morgan fingerprint density at radius 1 is 0.444 bits per heavy atom. The summed E-state index contributed by atoms with van der Waals surface area (Å²) in [5.74, 6) is -10.0. The molecule has 0 spiro atoms. The fraction of sp³-hybridized carbons (Fsp3) is 0.500. The average molecular weight is 580 g/mol. The molecule has 0 aromatic carbocycles. The Kier molecular flexibility index (Phi) is 18.5. The van der Waals surface area contributed by atoms with Crippen molar-refractivity contribution in [3.8, 4) is 0 Å². The molecule has 0 aliphatic carbocycles. The smallest absolute Gasteiger partial charge is 0.466 e. The molecule has 0 heterocycles. The van der Waals surface area contributed by atoms with Gasteiger partial charge in [-0.25, -0.2) is 18.7 Å². The zero-order valence-electron chi connectivity index (χ0n) is 17.2. The molecular formula is C12H22O22P2. The average Bonchev–Trinajstić information content (AvgIpc) is 2.48. The molecule has 0 amide bonds. The van der Waals surface area contributed by atoms with Gasteiger partial charge in [0.15, 0.2) is 11.2 Å². The van der Waals surface area contributed by atoms with Crippen LogP contribution in [0.25, 0.3) is 0 Å². The van der Waals surface area contributed by atoms with E-state index in [2.05, 4.69) is 0 Å². The minimum atomic E-state index is -4.64. The number of aliphatic hydroxyl groups is 2. The number of phosphoric acid groups is 2. The van der Waals surface area contributed by atoms with Gasteiger partial charge in [0, 0.05) is 0 Å². The van der Waals surface area contributed by atoms with E-state index in [9.17, 15) is 28.8 Å². The van der Waals surface area contributed by atoms with Crippen LogP contribution in [0.15, 0.2) is 0 Å². The van der Waals surface area contributed by atoms with Gasteiger partial charge >= 0.3 is 51.5 Å². The van der Waals surface area contributed by atoms with Crippen LogP contribution in [0.1, 0.15) is 25.7 Å². The van der Waals surface area contributed by atoms with Crippen LogP contribution < -0.4 is 0 Å². The third kappa shape index (κ3) is 33.1. The lowest BCUT2D eigenvalue weighted by Crippen LogP contribution is -2.42. The van der Waals surface area contributed by atoms with E-state index in [1.165, 1.54) is 0 Å². The lowest BCUT2D eigenvalue weighted by Gasteiger charge is -2.18. The minimum Gasteiger partial charge on any atom is -0.481 e. The van der Waals surface area contributed by atoms with Gasteiger partial charge in [0.2, 0.25) is 0 Å². The third-order valence-electron chi connectivity index (χ3n) is 2.57. The quantitative estimate of drug-likeness (QED) is 0.108. The van der Waals surface area contributed by atoms with Crippen molar-refractivity contribution in [2.75, 3.05) is 0 Å². The zero-order chi connectivity index (χ0) is 30.3. The second-order valence-corrected chi connectivity index (χ2v) is 8.04. The van der Waals surface area contributed by atoms with E-state index in [4.69, 9.17) is 79.3 Å². The maximum Gasteiger partial charge on any atom is 0.466 e. The van der Waals surface area contributed by atoms with Crippen molar-refractivity contribution in [1.29, 1.82) is 0 Å². The number of hydrogen-bond acceptors (Lipinski definition) is 10. The predicted octanol–water partition coefficient (Wildman–Crippen LogP) is -4.35. The normalized spacial score (nSPS) is 11.1. The van der Waals surface area contributed by atoms with Gasteiger partial charge in [-0.2, -0.15) is 0 Å². The first-order valence-corrected chi connectivity index (χ1v) is 11.0. The lowest BCUT2D eigenvalue weighted by atomic mass is 9.96. The molecule has 0 aliphatic rings. The molecule has 14 N–H and O–H groups in total. The highest BCUT2D eigenvalue weighted by molar-refractivity contribution is 7.45. The monoisotopic (exact) mass is 580 g/mol. The first kappa shape index (κ1) is 40.1. The molecule has 0 saturated heterocycles. The Balaban J connectivity index is -0.000000208. The summed E-state index contributed by atoms with van der Waals surface area (Å²) in [4.78, 5) is 104. The summed E-state index contributed by atoms with van der Waals surface area (Å²) in [7, 11) is -9.28. The van der Waals surface area contributed by atoms with Crippen LogP contribution in [-0.4, -0.2) is 117 Å². The molecular weight excluding hydrogens is 558 g/mol. The maximum absolute atomic E-state index is 10.3. The number of rotatable bonds is 10. The molecule has 0 aromatic rings. The molecule has 36 heavy (non-hydrogen) atoms. The molecule has 0 aromatic heterocycles. The van der Waals surface area contributed by atoms with Gasteiger partial charge in [0.05, 0.1) is 25.7 Å². The van der Waals surface area contributed by atoms with Gasteiger partial charge in [0.25, 0.3) is 0 Å². The molecule has 0 aliphatic heterocycles. The molecule has 0 unspecified atom stereocenters. The predicted molar refractivity (Wildman–Crippen MR) is 103 cm³/mol. The van der Waals surface area contributed by atoms with E-state index in [0.717, 1.165) is 0 Å². The van der Waals surface area contributed by atoms with Crippen LogP contribution in [0.5, 0.6) is 0 Å². The van der Waals surface area contributed by atoms with Crippen molar-refractivity contribution in [2.45, 2.75) is 36.9 Å². The van der Waals surface area contributed by atoms with Crippen LogP contribution in [0.4, 0.5) is 0 Å². The highest BCUT2D eigenvalue weighted by Gasteiger charge is 2.41. The second-order valence-electron chi connectivity index (χ2n) is 5.98. The summed E-state index contributed by atoms with van der Waals surface area (Å²) < 4.78 is 17.8. The van der Waals surface area contributed by atoms with E-state index < -0.39 is 88.3 Å². The molecule has 0 atom stereocenters. The van der Waals surface area contributed by atoms with Crippen molar-refractivity contribution in [3.05, 3.63) is 0 Å². The summed E-state index contributed by atoms with van der Waals surface area (Å²) in [6.07, 6.45) is -4.58. The topological polar surface area (TPSA) is 420 Å². The van der Waals surface area contributed by atoms with Gasteiger partial charge in [0.1, 0.15) is 0 Å². The van der Waals surface area contributed by atoms with Crippen molar-refractivity contribution in [3.63, 3.8) is 0 Å². The van der Waals surface area contributed by atoms with Crippen molar-refractivity contribution >= 4 is 51.5 Å². The standard InChI is InChI=1S/2C6H8O7.2H3O4P/c2*7-3(8)1-6(13,5(11)12)2-4(9)10;2*1-5(2,3)4/h2*13H,1-2H2,(H,7,8)(H,9,10)(H,11,12);2*(H3,1,2,3,4). The number of carboxylic acids is 6. The van der Waals surface area contributed by atoms with Crippen LogP contribution in [0.3, 0.4) is 0 Å². The van der Waals surface area contributed by atoms with Crippen molar-refractivity contribution in [1.82, 2.24) is 0 Å². The van der Waals surface area contributed by atoms with Gasteiger partial charge in [-0.1, -0.05) is 0 Å². The summed E-state index contributed by atoms with van der Waals surface area (Å²) in [5, 5.41) is 67.6. The second kappa shape index (κ2) is 16.6. The molecule has 0 saturated carbocycles. The lowest BCUT2D eigenvalue weighted by molar-refractivity contribution is -0.170. The first-order valence-electron chi connectivity index (χ1n) is 7.91. The highest BCUT2D eigenvalue weighted by Crippen LogP contribution is 2.26. The minimum absolute atomic E-state index is 1.14. The SMILES string of the molecule is O=C(O)CC(O)(CC(=O)O)C(=O)O.O=C(O)CC(O)(CC(=O)O)C(=O)O.O=P(O)(O)O.O=P(O)(O)O. The van der Waals surface area contributed by atoms with Crippen LogP contribution >= 0.6 is 15.6 Å². The fourth-order valence-corrected chi connectivity index (χ4v) is 1.43. The van der Waals surface area contributed by atoms with Crippen LogP contribution in [0.2, 0.25) is 0 Å². The summed E-state index contributed by atoms with van der Waals surface area (Å²) >= 11 is 0. The van der Waals surface area contributed by atoms with Crippen LogP contribution in [-0.2, 0) is 37.9 Å². The van der Waals surface area contributed by atoms with Crippen molar-refractivity contribution in [2.24, 2.45) is 0 Å². The Morgan fingerprint density at radius 3 is 0.611 bits per heavy atom. The Hall–Kier alpha value is -3.04. The van der Waals surface area contributed by atoms with Gasteiger partial charge in [-0.3, -0.25) is 19.2 Å². The third-order valence-corrected chi connectivity index (χ3v) is 2.57. The van der Waals surface area contributed by atoms with Gasteiger partial charge in [-0.05, 0) is 0 Å². The molecule has 0 radical (unpaired) electrons. The van der Waals surface area contributed by atoms with E-state index in [1.54, 1.807) is 0 Å².